The maximum atomic E-state index is 13.5. The molecule has 2 N–H and O–H groups in total. The van der Waals surface area contributed by atoms with Crippen LogP contribution in [0.3, 0.4) is 0 Å². The minimum atomic E-state index is -0.493. The molecule has 0 heterocycles. The van der Waals surface area contributed by atoms with Crippen LogP contribution in [-0.2, 0) is 16.0 Å². The molecule has 0 aliphatic carbocycles. The zero-order chi connectivity index (χ0) is 18.2. The quantitative estimate of drug-likeness (QED) is 0.813. The number of benzene rings is 2. The lowest BCUT2D eigenvalue weighted by Gasteiger charge is -2.17. The Morgan fingerprint density at radius 2 is 1.44 bits per heavy atom. The third-order valence-electron chi connectivity index (χ3n) is 3.65. The monoisotopic (exact) mass is 343 g/mol. The number of halogens is 1. The number of nitrogens with zero attached hydrogens (tertiary/aromatic N) is 1. The summed E-state index contributed by atoms with van der Waals surface area (Å²) in [5.41, 5.74) is 1.96. The molecule has 0 unspecified atom stereocenters. The summed E-state index contributed by atoms with van der Waals surface area (Å²) >= 11 is 0. The van der Waals surface area contributed by atoms with Crippen LogP contribution in [-0.4, -0.2) is 36.9 Å². The standard InChI is InChI=1S/C19H22FN3O2/c1-3-14-8-4-6-10-16(14)21-18(24)12-23(2)13-19(25)22-17-11-7-5-9-15(17)20/h4-11H,3,12-13H2,1-2H3,(H,21,24)(H,22,25). The zero-order valence-corrected chi connectivity index (χ0v) is 14.4. The van der Waals surface area contributed by atoms with Gasteiger partial charge in [0.05, 0.1) is 18.8 Å². The van der Waals surface area contributed by atoms with Gasteiger partial charge in [-0.25, -0.2) is 4.39 Å². The summed E-state index contributed by atoms with van der Waals surface area (Å²) in [7, 11) is 1.66. The molecule has 0 radical (unpaired) electrons. The second-order valence-corrected chi connectivity index (χ2v) is 5.76. The lowest BCUT2D eigenvalue weighted by atomic mass is 10.1. The summed E-state index contributed by atoms with van der Waals surface area (Å²) in [4.78, 5) is 25.7. The third-order valence-corrected chi connectivity index (χ3v) is 3.65. The van der Waals surface area contributed by atoms with Crippen LogP contribution in [0, 0.1) is 5.82 Å². The number of hydrogen-bond acceptors (Lipinski definition) is 3. The van der Waals surface area contributed by atoms with Gasteiger partial charge in [0.2, 0.25) is 11.8 Å². The van der Waals surface area contributed by atoms with Crippen LogP contribution in [0.5, 0.6) is 0 Å². The maximum Gasteiger partial charge on any atom is 0.238 e. The fourth-order valence-corrected chi connectivity index (χ4v) is 2.44. The predicted molar refractivity (Wildman–Crippen MR) is 97.0 cm³/mol. The molecular weight excluding hydrogens is 321 g/mol. The van der Waals surface area contributed by atoms with Crippen molar-refractivity contribution in [1.82, 2.24) is 4.90 Å². The summed E-state index contributed by atoms with van der Waals surface area (Å²) in [6.45, 7) is 2.06. The molecule has 0 aliphatic heterocycles. The molecule has 6 heteroatoms. The van der Waals surface area contributed by atoms with Crippen molar-refractivity contribution in [2.75, 3.05) is 30.8 Å². The van der Waals surface area contributed by atoms with Crippen molar-refractivity contribution in [2.45, 2.75) is 13.3 Å². The minimum Gasteiger partial charge on any atom is -0.325 e. The second-order valence-electron chi connectivity index (χ2n) is 5.76. The summed E-state index contributed by atoms with van der Waals surface area (Å²) in [5.74, 6) is -1.08. The predicted octanol–water partition coefficient (Wildman–Crippen LogP) is 2.90. The number of nitrogens with one attached hydrogen (secondary N) is 2. The number of likely N-dealkylation sites (N-methyl/N-ethyl adjacent to an activating group) is 1. The van der Waals surface area contributed by atoms with E-state index in [0.717, 1.165) is 17.7 Å². The highest BCUT2D eigenvalue weighted by Gasteiger charge is 2.13. The highest BCUT2D eigenvalue weighted by Crippen LogP contribution is 2.15. The SMILES string of the molecule is CCc1ccccc1NC(=O)CN(C)CC(=O)Nc1ccccc1F. The first-order valence-corrected chi connectivity index (χ1v) is 8.10. The van der Waals surface area contributed by atoms with Gasteiger partial charge in [0.25, 0.3) is 0 Å². The van der Waals surface area contributed by atoms with E-state index in [1.54, 1.807) is 24.1 Å². The fourth-order valence-electron chi connectivity index (χ4n) is 2.44. The molecule has 0 saturated carbocycles. The first-order valence-electron chi connectivity index (χ1n) is 8.10. The van der Waals surface area contributed by atoms with Crippen molar-refractivity contribution in [1.29, 1.82) is 0 Å². The van der Waals surface area contributed by atoms with Gasteiger partial charge in [-0.05, 0) is 37.2 Å². The number of amides is 2. The summed E-state index contributed by atoms with van der Waals surface area (Å²) in [5, 5.41) is 5.35. The van der Waals surface area contributed by atoms with Gasteiger partial charge < -0.3 is 10.6 Å². The topological polar surface area (TPSA) is 61.4 Å². The average molecular weight is 343 g/mol. The van der Waals surface area contributed by atoms with Gasteiger partial charge in [-0.2, -0.15) is 0 Å². The molecule has 0 atom stereocenters. The summed E-state index contributed by atoms with van der Waals surface area (Å²) in [6, 6.07) is 13.5. The Balaban J connectivity index is 1.85. The number of para-hydroxylation sites is 2. The van der Waals surface area contributed by atoms with Crippen molar-refractivity contribution in [3.63, 3.8) is 0 Å². The van der Waals surface area contributed by atoms with Gasteiger partial charge in [-0.15, -0.1) is 0 Å². The molecule has 0 saturated heterocycles. The molecule has 0 fully saturated rings. The van der Waals surface area contributed by atoms with Crippen LogP contribution >= 0.6 is 0 Å². The van der Waals surface area contributed by atoms with E-state index in [0.29, 0.717) is 0 Å². The Morgan fingerprint density at radius 3 is 2.04 bits per heavy atom. The average Bonchev–Trinajstić information content (AvgIpc) is 2.57. The van der Waals surface area contributed by atoms with Crippen molar-refractivity contribution in [3.05, 3.63) is 59.9 Å². The fraction of sp³-hybridized carbons (Fsp3) is 0.263. The smallest absolute Gasteiger partial charge is 0.238 e. The molecule has 132 valence electrons. The number of carbonyl (C=O) groups is 2. The van der Waals surface area contributed by atoms with E-state index in [1.807, 2.05) is 31.2 Å². The molecule has 2 rings (SSSR count). The lowest BCUT2D eigenvalue weighted by molar-refractivity contribution is -0.119. The lowest BCUT2D eigenvalue weighted by Crippen LogP contribution is -2.36. The molecule has 2 aromatic carbocycles. The van der Waals surface area contributed by atoms with Gasteiger partial charge in [-0.1, -0.05) is 37.3 Å². The molecule has 2 amide bonds. The Morgan fingerprint density at radius 1 is 0.920 bits per heavy atom. The van der Waals surface area contributed by atoms with E-state index in [-0.39, 0.29) is 30.6 Å². The minimum absolute atomic E-state index is 0.0167. The van der Waals surface area contributed by atoms with Crippen molar-refractivity contribution >= 4 is 23.2 Å². The molecule has 0 bridgehead atoms. The molecular formula is C19H22FN3O2. The first kappa shape index (κ1) is 18.6. The van der Waals surface area contributed by atoms with Crippen LogP contribution in [0.2, 0.25) is 0 Å². The largest absolute Gasteiger partial charge is 0.325 e. The number of anilines is 2. The summed E-state index contributed by atoms with van der Waals surface area (Å²) in [6.07, 6.45) is 0.817. The second kappa shape index (κ2) is 8.94. The molecule has 0 aromatic heterocycles. The van der Waals surface area contributed by atoms with E-state index in [2.05, 4.69) is 10.6 Å². The van der Waals surface area contributed by atoms with E-state index in [4.69, 9.17) is 0 Å². The Kier molecular flexibility index (Phi) is 6.65. The van der Waals surface area contributed by atoms with Gasteiger partial charge in [0.15, 0.2) is 0 Å². The molecule has 0 aliphatic rings. The van der Waals surface area contributed by atoms with Gasteiger partial charge in [0, 0.05) is 5.69 Å². The van der Waals surface area contributed by atoms with Crippen LogP contribution < -0.4 is 10.6 Å². The number of aryl methyl sites for hydroxylation is 1. The van der Waals surface area contributed by atoms with Gasteiger partial charge in [-0.3, -0.25) is 14.5 Å². The normalized spacial score (nSPS) is 10.6. The highest BCUT2D eigenvalue weighted by molar-refractivity contribution is 5.95. The highest BCUT2D eigenvalue weighted by atomic mass is 19.1. The van der Waals surface area contributed by atoms with Gasteiger partial charge >= 0.3 is 0 Å². The van der Waals surface area contributed by atoms with Crippen molar-refractivity contribution < 1.29 is 14.0 Å². The summed E-state index contributed by atoms with van der Waals surface area (Å²) < 4.78 is 13.5. The Hall–Kier alpha value is -2.73. The van der Waals surface area contributed by atoms with E-state index in [1.165, 1.54) is 12.1 Å². The van der Waals surface area contributed by atoms with Crippen molar-refractivity contribution in [2.24, 2.45) is 0 Å². The number of rotatable bonds is 7. The Bertz CT molecular complexity index is 749. The maximum absolute atomic E-state index is 13.5. The van der Waals surface area contributed by atoms with Crippen LogP contribution in [0.4, 0.5) is 15.8 Å². The molecule has 25 heavy (non-hydrogen) atoms. The van der Waals surface area contributed by atoms with E-state index < -0.39 is 5.82 Å². The number of carbonyl (C=O) groups excluding carboxylic acids is 2. The first-order chi connectivity index (χ1) is 12.0. The van der Waals surface area contributed by atoms with Crippen LogP contribution in [0.1, 0.15) is 12.5 Å². The molecule has 0 spiro atoms. The molecule has 5 nitrogen and oxygen atoms in total. The van der Waals surface area contributed by atoms with Crippen molar-refractivity contribution in [3.8, 4) is 0 Å². The van der Waals surface area contributed by atoms with Crippen LogP contribution in [0.25, 0.3) is 0 Å². The van der Waals surface area contributed by atoms with E-state index in [9.17, 15) is 14.0 Å². The number of hydrogen-bond donors (Lipinski definition) is 2. The van der Waals surface area contributed by atoms with Gasteiger partial charge in [0.1, 0.15) is 5.82 Å². The van der Waals surface area contributed by atoms with Crippen LogP contribution in [0.15, 0.2) is 48.5 Å². The molecule has 2 aromatic rings. The zero-order valence-electron chi connectivity index (χ0n) is 14.4. The Labute approximate surface area is 146 Å². The third kappa shape index (κ3) is 5.69. The van der Waals surface area contributed by atoms with E-state index >= 15 is 0 Å².